The number of hydrogen-bond donors (Lipinski definition) is 1. The Morgan fingerprint density at radius 3 is 2.33 bits per heavy atom. The van der Waals surface area contributed by atoms with E-state index < -0.39 is 12.1 Å². The number of carboxylic acid groups (broad SMARTS) is 1. The minimum Gasteiger partial charge on any atom is -0.475 e. The van der Waals surface area contributed by atoms with Gasteiger partial charge in [-0.15, -0.1) is 0 Å². The molecular weight excluding hydrogens is 405 g/mol. The maximum atomic E-state index is 12.5. The normalized spacial score (nSPS) is 30.5. The molecule has 7 nitrogen and oxygen atoms in total. The molecule has 172 valence electrons. The number of carboxylic acids is 1. The van der Waals surface area contributed by atoms with E-state index in [1.807, 2.05) is 0 Å². The Bertz CT molecular complexity index is 591. The zero-order chi connectivity index (χ0) is 21.7. The van der Waals surface area contributed by atoms with Crippen LogP contribution in [0.25, 0.3) is 0 Å². The minimum absolute atomic E-state index is 0.165. The largest absolute Gasteiger partial charge is 0.490 e. The molecule has 3 heterocycles. The summed E-state index contributed by atoms with van der Waals surface area (Å²) in [5, 5.41) is 8.73. The molecule has 0 aromatic heterocycles. The molecule has 0 aromatic rings. The van der Waals surface area contributed by atoms with Crippen LogP contribution in [0.3, 0.4) is 0 Å². The van der Waals surface area contributed by atoms with Gasteiger partial charge in [-0.25, -0.2) is 9.86 Å². The molecule has 1 amide bonds. The maximum absolute atomic E-state index is 12.5. The fourth-order valence-corrected chi connectivity index (χ4v) is 5.03. The number of hydrogen-bond acceptors (Lipinski definition) is 5. The highest BCUT2D eigenvalue weighted by Crippen LogP contribution is 2.39. The standard InChI is InChI=1S/C18H30N2O3.C2HF3O2/c21-18(20-7-3-4-8-23-20)9-14-12-22-13-15-10-19(11-17(14)15)16-5-1-2-6-16;3-2(4,5)1(6)7/h14-17H,1-13H2;(H,6,7)/t14-,15-,17+;/m1./s1. The molecule has 0 spiro atoms. The monoisotopic (exact) mass is 436 g/mol. The summed E-state index contributed by atoms with van der Waals surface area (Å²) >= 11 is 0. The third-order valence-corrected chi connectivity index (χ3v) is 6.59. The van der Waals surface area contributed by atoms with Crippen molar-refractivity contribution in [2.75, 3.05) is 39.5 Å². The number of rotatable bonds is 3. The topological polar surface area (TPSA) is 79.3 Å². The van der Waals surface area contributed by atoms with Gasteiger partial charge in [0.05, 0.1) is 19.8 Å². The Kier molecular flexibility index (Phi) is 7.98. The van der Waals surface area contributed by atoms with Crippen LogP contribution < -0.4 is 0 Å². The number of hydroxylamine groups is 2. The summed E-state index contributed by atoms with van der Waals surface area (Å²) in [6.07, 6.45) is 3.16. The minimum atomic E-state index is -5.08. The molecule has 0 radical (unpaired) electrons. The van der Waals surface area contributed by atoms with Crippen molar-refractivity contribution in [2.45, 2.75) is 57.2 Å². The van der Waals surface area contributed by atoms with E-state index in [1.54, 1.807) is 5.06 Å². The number of amides is 1. The third-order valence-electron chi connectivity index (χ3n) is 6.59. The Hall–Kier alpha value is -1.39. The van der Waals surface area contributed by atoms with Crippen molar-refractivity contribution >= 4 is 11.9 Å². The molecule has 10 heteroatoms. The summed E-state index contributed by atoms with van der Waals surface area (Å²) in [6.45, 7) is 5.44. The van der Waals surface area contributed by atoms with Crippen molar-refractivity contribution in [2.24, 2.45) is 17.8 Å². The third kappa shape index (κ3) is 6.07. The van der Waals surface area contributed by atoms with Gasteiger partial charge in [-0.3, -0.25) is 14.5 Å². The van der Waals surface area contributed by atoms with Crippen molar-refractivity contribution < 1.29 is 37.4 Å². The van der Waals surface area contributed by atoms with Crippen LogP contribution in [0.15, 0.2) is 0 Å². The second-order valence-corrected chi connectivity index (χ2v) is 8.66. The van der Waals surface area contributed by atoms with Gasteiger partial charge in [0.2, 0.25) is 5.91 Å². The first-order valence-corrected chi connectivity index (χ1v) is 10.8. The van der Waals surface area contributed by atoms with Crippen molar-refractivity contribution in [3.63, 3.8) is 0 Å². The average molecular weight is 436 g/mol. The van der Waals surface area contributed by atoms with Gasteiger partial charge in [0.25, 0.3) is 0 Å². The first kappa shape index (κ1) is 23.3. The molecule has 0 unspecified atom stereocenters. The zero-order valence-corrected chi connectivity index (χ0v) is 17.1. The molecule has 1 saturated carbocycles. The second-order valence-electron chi connectivity index (χ2n) is 8.66. The maximum Gasteiger partial charge on any atom is 0.490 e. The number of ether oxygens (including phenoxy) is 1. The lowest BCUT2D eigenvalue weighted by molar-refractivity contribution is -0.199. The van der Waals surface area contributed by atoms with Crippen LogP contribution in [0.5, 0.6) is 0 Å². The Balaban J connectivity index is 0.000000318. The molecule has 3 aliphatic heterocycles. The Labute approximate surface area is 174 Å². The van der Waals surface area contributed by atoms with Gasteiger partial charge in [-0.05, 0) is 43.4 Å². The summed E-state index contributed by atoms with van der Waals surface area (Å²) in [7, 11) is 0. The first-order valence-electron chi connectivity index (χ1n) is 10.8. The highest BCUT2D eigenvalue weighted by atomic mass is 19.4. The number of carbonyl (C=O) groups is 2. The predicted molar refractivity (Wildman–Crippen MR) is 100 cm³/mol. The molecule has 3 saturated heterocycles. The molecule has 1 N–H and O–H groups in total. The molecule has 0 aromatic carbocycles. The summed E-state index contributed by atoms with van der Waals surface area (Å²) in [4.78, 5) is 29.6. The summed E-state index contributed by atoms with van der Waals surface area (Å²) in [5.41, 5.74) is 0. The van der Waals surface area contributed by atoms with E-state index >= 15 is 0 Å². The van der Waals surface area contributed by atoms with Gasteiger partial charge in [0.15, 0.2) is 0 Å². The van der Waals surface area contributed by atoms with Crippen LogP contribution >= 0.6 is 0 Å². The van der Waals surface area contributed by atoms with Gasteiger partial charge in [-0.1, -0.05) is 12.8 Å². The quantitative estimate of drug-likeness (QED) is 0.733. The number of nitrogens with zero attached hydrogens (tertiary/aromatic N) is 2. The van der Waals surface area contributed by atoms with E-state index in [9.17, 15) is 18.0 Å². The zero-order valence-electron chi connectivity index (χ0n) is 17.1. The summed E-state index contributed by atoms with van der Waals surface area (Å²) in [6, 6.07) is 0.794. The molecule has 4 rings (SSSR count). The molecule has 0 bridgehead atoms. The fourth-order valence-electron chi connectivity index (χ4n) is 5.03. The number of aliphatic carboxylic acids is 1. The molecular formula is C20H31F3N2O5. The van der Waals surface area contributed by atoms with Gasteiger partial charge in [-0.2, -0.15) is 13.2 Å². The lowest BCUT2D eigenvalue weighted by Crippen LogP contribution is -2.41. The van der Waals surface area contributed by atoms with E-state index in [-0.39, 0.29) is 5.91 Å². The van der Waals surface area contributed by atoms with Gasteiger partial charge < -0.3 is 9.84 Å². The van der Waals surface area contributed by atoms with Crippen LogP contribution in [0.4, 0.5) is 13.2 Å². The summed E-state index contributed by atoms with van der Waals surface area (Å²) in [5.74, 6) is -0.952. The van der Waals surface area contributed by atoms with Crippen LogP contribution in [-0.4, -0.2) is 78.6 Å². The lowest BCUT2D eigenvalue weighted by Gasteiger charge is -2.34. The Morgan fingerprint density at radius 1 is 1.03 bits per heavy atom. The first-order chi connectivity index (χ1) is 14.3. The van der Waals surface area contributed by atoms with Crippen LogP contribution in [-0.2, 0) is 19.2 Å². The van der Waals surface area contributed by atoms with E-state index in [2.05, 4.69) is 4.90 Å². The molecule has 30 heavy (non-hydrogen) atoms. The van der Waals surface area contributed by atoms with E-state index in [0.717, 1.165) is 38.6 Å². The van der Waals surface area contributed by atoms with Crippen LogP contribution in [0, 0.1) is 17.8 Å². The summed E-state index contributed by atoms with van der Waals surface area (Å²) < 4.78 is 37.6. The van der Waals surface area contributed by atoms with Crippen LogP contribution in [0.1, 0.15) is 44.9 Å². The number of fused-ring (bicyclic) bond motifs is 1. The van der Waals surface area contributed by atoms with E-state index in [4.69, 9.17) is 19.5 Å². The van der Waals surface area contributed by atoms with Crippen molar-refractivity contribution in [1.82, 2.24) is 9.96 Å². The average Bonchev–Trinajstić information content (AvgIpc) is 3.38. The number of likely N-dealkylation sites (tertiary alicyclic amines) is 1. The highest BCUT2D eigenvalue weighted by molar-refractivity contribution is 5.75. The van der Waals surface area contributed by atoms with Crippen molar-refractivity contribution in [1.29, 1.82) is 0 Å². The second kappa shape index (κ2) is 10.3. The van der Waals surface area contributed by atoms with E-state index in [0.29, 0.717) is 30.8 Å². The number of carbonyl (C=O) groups excluding carboxylic acids is 1. The van der Waals surface area contributed by atoms with Crippen molar-refractivity contribution in [3.05, 3.63) is 0 Å². The highest BCUT2D eigenvalue weighted by Gasteiger charge is 2.44. The molecule has 1 aliphatic carbocycles. The SMILES string of the molecule is O=C(C[C@@H]1COC[C@H]2CN(C3CCCC3)C[C@@H]12)N1CCCCO1.O=C(O)C(F)(F)F. The molecule has 4 aliphatic rings. The van der Waals surface area contributed by atoms with E-state index in [1.165, 1.54) is 38.8 Å². The lowest BCUT2D eigenvalue weighted by atomic mass is 9.81. The fraction of sp³-hybridized carbons (Fsp3) is 0.900. The van der Waals surface area contributed by atoms with Gasteiger partial charge in [0, 0.05) is 32.1 Å². The number of halogens is 3. The molecule has 4 fully saturated rings. The van der Waals surface area contributed by atoms with Gasteiger partial charge >= 0.3 is 12.1 Å². The van der Waals surface area contributed by atoms with Crippen molar-refractivity contribution in [3.8, 4) is 0 Å². The molecule has 3 atom stereocenters. The Morgan fingerprint density at radius 2 is 1.73 bits per heavy atom. The number of alkyl halides is 3. The van der Waals surface area contributed by atoms with Crippen LogP contribution in [0.2, 0.25) is 0 Å². The predicted octanol–water partition coefficient (Wildman–Crippen LogP) is 2.70. The van der Waals surface area contributed by atoms with Gasteiger partial charge in [0.1, 0.15) is 0 Å². The smallest absolute Gasteiger partial charge is 0.475 e.